The third-order valence-electron chi connectivity index (χ3n) is 20.1. The fraction of sp³-hybridized carbons (Fsp3) is 0.677. The van der Waals surface area contributed by atoms with Crippen LogP contribution < -0.4 is 26.0 Å². The summed E-state index contributed by atoms with van der Waals surface area (Å²) in [6, 6.07) is 16.3. The summed E-state index contributed by atoms with van der Waals surface area (Å²) in [5, 5.41) is 35.6. The van der Waals surface area contributed by atoms with E-state index in [1.807, 2.05) is 6.92 Å². The molecule has 0 aliphatic heterocycles. The molecule has 458 valence electrons. The molecule has 4 fully saturated rings. The van der Waals surface area contributed by atoms with Crippen molar-refractivity contribution in [2.75, 3.05) is 17.2 Å². The normalized spacial score (nSPS) is 25.9. The van der Waals surface area contributed by atoms with Gasteiger partial charge < -0.3 is 26.0 Å². The van der Waals surface area contributed by atoms with Crippen molar-refractivity contribution in [2.45, 2.75) is 231 Å². The number of nitrogens with zero attached hydrogens (tertiary/aromatic N) is 2. The Morgan fingerprint density at radius 1 is 0.651 bits per heavy atom. The number of amides is 4. The summed E-state index contributed by atoms with van der Waals surface area (Å²) >= 11 is 0. The van der Waals surface area contributed by atoms with E-state index in [9.17, 15) is 43.0 Å². The average molecular weight is 1170 g/mol. The number of anilines is 2. The van der Waals surface area contributed by atoms with Crippen molar-refractivity contribution in [1.29, 1.82) is 0 Å². The lowest BCUT2D eigenvalue weighted by atomic mass is 9.42. The Bertz CT molecular complexity index is 2690. The molecule has 4 saturated carbocycles. The minimum absolute atomic E-state index is 0.00933. The number of nitro groups is 2. The largest absolute Gasteiger partial charge is 0.466 e. The number of carbonyl (C=O) groups excluding carboxylic acids is 3. The van der Waals surface area contributed by atoms with Crippen LogP contribution in [0.25, 0.3) is 0 Å². The Hall–Kier alpha value is -5.62. The van der Waals surface area contributed by atoms with Crippen molar-refractivity contribution >= 4 is 50.8 Å². The Labute approximate surface area is 494 Å². The molecule has 4 aliphatic carbocycles. The fourth-order valence-corrected chi connectivity index (χ4v) is 16.8. The molecule has 0 heterocycles. The molecule has 7 rings (SSSR count). The van der Waals surface area contributed by atoms with Gasteiger partial charge >= 0.3 is 18.0 Å². The zero-order chi connectivity index (χ0) is 59.6. The number of benzene rings is 3. The number of sulfonamides is 1. The van der Waals surface area contributed by atoms with Crippen molar-refractivity contribution in [3.8, 4) is 0 Å². The van der Waals surface area contributed by atoms with Crippen molar-refractivity contribution < 1.29 is 37.4 Å². The molecule has 11 atom stereocenters. The number of ether oxygens (including phenoxy) is 1. The first-order chi connectivity index (χ1) is 39.8. The van der Waals surface area contributed by atoms with Crippen LogP contribution in [-0.4, -0.2) is 61.0 Å². The first kappa shape index (κ1) is 64.9. The van der Waals surface area contributed by atoms with E-state index in [-0.39, 0.29) is 87.7 Å². The van der Waals surface area contributed by atoms with Crippen LogP contribution >= 0.6 is 0 Å². The molecule has 4 aliphatic rings. The maximum atomic E-state index is 14.3. The summed E-state index contributed by atoms with van der Waals surface area (Å²) in [6.45, 7) is 11.4. The van der Waals surface area contributed by atoms with Crippen molar-refractivity contribution in [3.63, 3.8) is 0 Å². The molecule has 0 saturated heterocycles. The molecule has 0 bridgehead atoms. The third kappa shape index (κ3) is 17.7. The third-order valence-corrected chi connectivity index (χ3v) is 21.7. The average Bonchev–Trinajstić information content (AvgIpc) is 3.68. The number of esters is 1. The van der Waals surface area contributed by atoms with Gasteiger partial charge in [-0.15, -0.1) is 0 Å². The highest BCUT2D eigenvalue weighted by Crippen LogP contribution is 2.68. The van der Waals surface area contributed by atoms with E-state index >= 15 is 0 Å². The minimum atomic E-state index is -3.84. The Morgan fingerprint density at radius 3 is 1.67 bits per heavy atom. The van der Waals surface area contributed by atoms with Crippen LogP contribution in [0.3, 0.4) is 0 Å². The van der Waals surface area contributed by atoms with Gasteiger partial charge in [0.15, 0.2) is 0 Å². The molecule has 3 aromatic carbocycles. The second kappa shape index (κ2) is 31.0. The monoisotopic (exact) mass is 1170 g/mol. The van der Waals surface area contributed by atoms with Crippen molar-refractivity contribution in [3.05, 3.63) is 98.6 Å². The van der Waals surface area contributed by atoms with E-state index in [0.29, 0.717) is 56.5 Å². The SMILES string of the molecule is CCCCCCCCCCCCCCCCCCCCOC(=O)CC[C@@H](C)[C@H]1CC[C@H]2[C@@H]3[C@H](NC(=O)Nc4ccc([N+](=O)[O-])cc4)C[C@@H]4C[C@H](NS(=O)(=O)c5ccc(C)cc5)CC[C@]4(C)[C@H]3C[C@H](NC(=O)Nc3ccc([N+](=O)[O-])cc3)[C@]12C. The van der Waals surface area contributed by atoms with Crippen LogP contribution in [0.5, 0.6) is 0 Å². The number of urea groups is 2. The van der Waals surface area contributed by atoms with Gasteiger partial charge in [0.05, 0.1) is 21.3 Å². The number of unbranched alkanes of at least 4 members (excludes halogenated alkanes) is 17. The fourth-order valence-electron chi connectivity index (χ4n) is 15.5. The zero-order valence-electron chi connectivity index (χ0n) is 50.3. The summed E-state index contributed by atoms with van der Waals surface area (Å²) in [5.41, 5.74) is 0.747. The predicted molar refractivity (Wildman–Crippen MR) is 327 cm³/mol. The Balaban J connectivity index is 1.01. The van der Waals surface area contributed by atoms with E-state index in [1.54, 1.807) is 24.3 Å². The van der Waals surface area contributed by atoms with Crippen molar-refractivity contribution in [1.82, 2.24) is 15.4 Å². The van der Waals surface area contributed by atoms with E-state index in [1.165, 1.54) is 145 Å². The molecule has 0 spiro atoms. The zero-order valence-corrected chi connectivity index (χ0v) is 51.1. The van der Waals surface area contributed by atoms with Crippen LogP contribution in [0.15, 0.2) is 77.7 Å². The second-order valence-corrected chi connectivity index (χ2v) is 27.3. The Morgan fingerprint density at radius 2 is 1.16 bits per heavy atom. The lowest BCUT2D eigenvalue weighted by molar-refractivity contribution is -0.385. The molecule has 5 N–H and O–H groups in total. The molecule has 4 amide bonds. The number of carbonyl (C=O) groups is 3. The highest BCUT2D eigenvalue weighted by atomic mass is 32.2. The number of rotatable bonds is 32. The molecule has 0 aromatic heterocycles. The minimum Gasteiger partial charge on any atom is -0.466 e. The van der Waals surface area contributed by atoms with Gasteiger partial charge in [-0.1, -0.05) is 155 Å². The van der Waals surface area contributed by atoms with Crippen molar-refractivity contribution in [2.24, 2.45) is 46.3 Å². The molecule has 0 radical (unpaired) electrons. The van der Waals surface area contributed by atoms with Crippen LogP contribution in [0.4, 0.5) is 32.3 Å². The lowest BCUT2D eigenvalue weighted by Crippen LogP contribution is -2.68. The molecule has 17 nitrogen and oxygen atoms in total. The van der Waals surface area contributed by atoms with Crippen LogP contribution in [0.2, 0.25) is 0 Å². The second-order valence-electron chi connectivity index (χ2n) is 25.6. The number of nitro benzene ring substituents is 2. The van der Waals surface area contributed by atoms with Gasteiger partial charge in [-0.05, 0) is 147 Å². The summed E-state index contributed by atoms with van der Waals surface area (Å²) in [5.74, 6) is -0.132. The number of hydrogen-bond donors (Lipinski definition) is 5. The van der Waals surface area contributed by atoms with Crippen LogP contribution in [-0.2, 0) is 19.6 Å². The quantitative estimate of drug-likeness (QED) is 0.0171. The first-order valence-corrected chi connectivity index (χ1v) is 33.2. The van der Waals surface area contributed by atoms with Gasteiger partial charge in [0.25, 0.3) is 11.4 Å². The van der Waals surface area contributed by atoms with E-state index in [2.05, 4.69) is 53.7 Å². The summed E-state index contributed by atoms with van der Waals surface area (Å²) in [4.78, 5) is 64.1. The van der Waals surface area contributed by atoms with Gasteiger partial charge in [0, 0.05) is 60.2 Å². The van der Waals surface area contributed by atoms with E-state index < -0.39 is 37.3 Å². The van der Waals surface area contributed by atoms with Crippen LogP contribution in [0.1, 0.15) is 207 Å². The van der Waals surface area contributed by atoms with Gasteiger partial charge in [0.1, 0.15) is 0 Å². The molecule has 18 heteroatoms. The number of non-ortho nitro benzene ring substituents is 2. The molecule has 3 aromatic rings. The summed E-state index contributed by atoms with van der Waals surface area (Å²) in [6.07, 6.45) is 28.8. The van der Waals surface area contributed by atoms with Gasteiger partial charge in [0.2, 0.25) is 10.0 Å². The maximum Gasteiger partial charge on any atom is 0.319 e. The number of fused-ring (bicyclic) bond motifs is 5. The predicted octanol–water partition coefficient (Wildman–Crippen LogP) is 15.7. The standard InChI is InChI=1S/C65H97N7O10S/c1-6-7-8-9-10-11-12-13-14-15-16-17-18-19-20-21-22-23-42-82-60(73)39-26-47(3)55-37-38-56-61-57(45-59(65(55,56)5)69-63(75)67-50-29-33-53(34-30-50)72(78)79)64(4)41-40-51(70-83(80,81)54-35-24-46(2)25-36-54)43-48(64)44-58(61)68-62(74)66-49-27-31-52(32-28-49)71(76)77/h24-25,27-36,47-48,51,55-59,61,70H,6-23,26,37-45H2,1-5H3,(H2,66,68,74)(H2,67,69,75)/t47-,48+,51-,55-,56+,57+,58-,59+,61+,64+,65-/m1/s1. The van der Waals surface area contributed by atoms with Gasteiger partial charge in [-0.3, -0.25) is 25.0 Å². The first-order valence-electron chi connectivity index (χ1n) is 31.7. The molecule has 0 unspecified atom stereocenters. The van der Waals surface area contributed by atoms with E-state index in [0.717, 1.165) is 37.7 Å². The molecular weight excluding hydrogens is 1070 g/mol. The number of aryl methyl sites for hydroxylation is 1. The maximum absolute atomic E-state index is 14.3. The van der Waals surface area contributed by atoms with E-state index in [4.69, 9.17) is 4.74 Å². The highest BCUT2D eigenvalue weighted by Gasteiger charge is 2.66. The summed E-state index contributed by atoms with van der Waals surface area (Å²) < 4.78 is 36.5. The van der Waals surface area contributed by atoms with Crippen LogP contribution in [0, 0.1) is 73.5 Å². The molecular formula is C65H97N7O10S. The van der Waals surface area contributed by atoms with Gasteiger partial charge in [-0.2, -0.15) is 0 Å². The highest BCUT2D eigenvalue weighted by molar-refractivity contribution is 7.89. The smallest absolute Gasteiger partial charge is 0.319 e. The number of nitrogens with one attached hydrogen (secondary N) is 5. The topological polar surface area (TPSA) is 241 Å². The lowest BCUT2D eigenvalue weighted by Gasteiger charge is -2.65. The Kier molecular flexibility index (Phi) is 24.2. The number of hydrogen-bond acceptors (Lipinski definition) is 10. The van der Waals surface area contributed by atoms with Gasteiger partial charge in [-0.25, -0.2) is 22.7 Å². The molecule has 83 heavy (non-hydrogen) atoms. The summed E-state index contributed by atoms with van der Waals surface area (Å²) in [7, 11) is -3.84.